The maximum absolute atomic E-state index is 12.7. The number of carbonyl (C=O) groups is 1. The smallest absolute Gasteiger partial charge is 0.255 e. The Labute approximate surface area is 176 Å². The second kappa shape index (κ2) is 11.1. The lowest BCUT2D eigenvalue weighted by Crippen LogP contribution is -2.50. The molecule has 0 aromatic carbocycles. The number of aliphatic hydroxyl groups excluding tert-OH is 1. The monoisotopic (exact) mass is 407 g/mol. The first-order chi connectivity index (χ1) is 13.7. The van der Waals surface area contributed by atoms with Gasteiger partial charge in [0.2, 0.25) is 0 Å². The molecule has 0 aromatic heterocycles. The van der Waals surface area contributed by atoms with E-state index in [0.717, 1.165) is 6.42 Å². The summed E-state index contributed by atoms with van der Waals surface area (Å²) >= 11 is 0. The molecule has 0 saturated heterocycles. The Morgan fingerprint density at radius 2 is 2.00 bits per heavy atom. The second-order valence-electron chi connectivity index (χ2n) is 8.80. The molecule has 0 radical (unpaired) electrons. The first-order valence-corrected chi connectivity index (χ1v) is 11.2. The average Bonchev–Trinajstić information content (AvgIpc) is 2.69. The Hall–Kier alpha value is -1.44. The number of nitrogens with one attached hydrogen (secondary N) is 2. The van der Waals surface area contributed by atoms with E-state index >= 15 is 0 Å². The molecule has 5 unspecified atom stereocenters. The van der Waals surface area contributed by atoms with Gasteiger partial charge in [-0.2, -0.15) is 0 Å². The number of aliphatic hydroxyl groups is 1. The summed E-state index contributed by atoms with van der Waals surface area (Å²) in [7, 11) is 1.95. The molecule has 5 N–H and O–H groups in total. The number of nitrogens with zero attached hydrogens (tertiary/aromatic N) is 2. The van der Waals surface area contributed by atoms with Gasteiger partial charge in [0.25, 0.3) is 5.91 Å². The number of likely N-dealkylation sites (N-methyl/N-ethyl adjacent to an activating group) is 1. The summed E-state index contributed by atoms with van der Waals surface area (Å²) in [4.78, 5) is 19.4. The summed E-state index contributed by atoms with van der Waals surface area (Å²) in [6.07, 6.45) is 7.99. The number of hydrogen-bond donors (Lipinski definition) is 4. The van der Waals surface area contributed by atoms with E-state index in [9.17, 15) is 9.90 Å². The van der Waals surface area contributed by atoms with Gasteiger partial charge < -0.3 is 26.4 Å². The third-order valence-electron chi connectivity index (χ3n) is 6.37. The van der Waals surface area contributed by atoms with Crippen molar-refractivity contribution in [1.29, 1.82) is 0 Å². The van der Waals surface area contributed by atoms with Gasteiger partial charge >= 0.3 is 0 Å². The molecule has 5 atom stereocenters. The van der Waals surface area contributed by atoms with E-state index in [1.165, 1.54) is 32.1 Å². The molecule has 0 bridgehead atoms. The number of hydrogen-bond acceptors (Lipinski definition) is 5. The maximum atomic E-state index is 12.7. The van der Waals surface area contributed by atoms with Gasteiger partial charge in [0.1, 0.15) is 5.84 Å². The van der Waals surface area contributed by atoms with Crippen molar-refractivity contribution in [2.24, 2.45) is 16.6 Å². The van der Waals surface area contributed by atoms with Crippen LogP contribution in [0.4, 0.5) is 0 Å². The van der Waals surface area contributed by atoms with E-state index in [1.807, 2.05) is 18.0 Å². The number of carbonyl (C=O) groups excluding carboxylic acids is 1. The van der Waals surface area contributed by atoms with Crippen LogP contribution >= 0.6 is 0 Å². The fraction of sp³-hybridized carbons (Fsp3) is 0.818. The van der Waals surface area contributed by atoms with Gasteiger partial charge in [0, 0.05) is 25.2 Å². The lowest BCUT2D eigenvalue weighted by molar-refractivity contribution is -0.117. The van der Waals surface area contributed by atoms with Crippen molar-refractivity contribution in [3.05, 3.63) is 11.6 Å². The topological polar surface area (TPSA) is 103 Å². The van der Waals surface area contributed by atoms with Crippen molar-refractivity contribution in [1.82, 2.24) is 15.5 Å². The Morgan fingerprint density at radius 1 is 1.34 bits per heavy atom. The zero-order valence-corrected chi connectivity index (χ0v) is 18.8. The minimum absolute atomic E-state index is 0.0120. The van der Waals surface area contributed by atoms with Crippen LogP contribution in [0.5, 0.6) is 0 Å². The van der Waals surface area contributed by atoms with Gasteiger partial charge in [-0.25, -0.2) is 0 Å². The zero-order chi connectivity index (χ0) is 21.6. The average molecular weight is 408 g/mol. The fourth-order valence-corrected chi connectivity index (χ4v) is 4.25. The predicted molar refractivity (Wildman–Crippen MR) is 119 cm³/mol. The van der Waals surface area contributed by atoms with E-state index in [4.69, 9.17) is 10.7 Å². The summed E-state index contributed by atoms with van der Waals surface area (Å²) in [5.74, 6) is 0.626. The number of amidine groups is 1. The van der Waals surface area contributed by atoms with Crippen molar-refractivity contribution >= 4 is 11.7 Å². The Bertz CT molecular complexity index is 598. The highest BCUT2D eigenvalue weighted by Gasteiger charge is 2.31. The molecular weight excluding hydrogens is 366 g/mol. The first kappa shape index (κ1) is 23.8. The van der Waals surface area contributed by atoms with Crippen molar-refractivity contribution < 1.29 is 9.90 Å². The van der Waals surface area contributed by atoms with Gasteiger partial charge in [-0.05, 0) is 39.0 Å². The van der Waals surface area contributed by atoms with Crippen molar-refractivity contribution in [2.45, 2.75) is 96.6 Å². The quantitative estimate of drug-likeness (QED) is 0.459. The van der Waals surface area contributed by atoms with Crippen LogP contribution < -0.4 is 16.4 Å². The van der Waals surface area contributed by atoms with E-state index in [0.29, 0.717) is 17.5 Å². The molecular formula is C22H41N5O2. The molecule has 7 heteroatoms. The minimum atomic E-state index is -0.588. The van der Waals surface area contributed by atoms with E-state index in [2.05, 4.69) is 31.4 Å². The first-order valence-electron chi connectivity index (χ1n) is 11.2. The molecule has 29 heavy (non-hydrogen) atoms. The van der Waals surface area contributed by atoms with Gasteiger partial charge in [0.05, 0.1) is 24.4 Å². The highest BCUT2D eigenvalue weighted by atomic mass is 16.3. The predicted octanol–water partition coefficient (Wildman–Crippen LogP) is 1.76. The number of amides is 1. The summed E-state index contributed by atoms with van der Waals surface area (Å²) in [5, 5.41) is 17.2. The third kappa shape index (κ3) is 6.52. The minimum Gasteiger partial charge on any atom is -0.390 e. The maximum Gasteiger partial charge on any atom is 0.255 e. The largest absolute Gasteiger partial charge is 0.390 e. The molecule has 0 aromatic rings. The van der Waals surface area contributed by atoms with Crippen LogP contribution in [-0.4, -0.2) is 65.7 Å². The summed E-state index contributed by atoms with van der Waals surface area (Å²) < 4.78 is 0. The van der Waals surface area contributed by atoms with Crippen molar-refractivity contribution in [2.75, 3.05) is 13.6 Å². The van der Waals surface area contributed by atoms with E-state index < -0.39 is 12.3 Å². The highest BCUT2D eigenvalue weighted by Crippen LogP contribution is 2.23. The highest BCUT2D eigenvalue weighted by molar-refractivity contribution is 6.21. The Balaban J connectivity index is 2.12. The lowest BCUT2D eigenvalue weighted by atomic mass is 9.92. The van der Waals surface area contributed by atoms with Crippen LogP contribution in [0, 0.1) is 5.92 Å². The lowest BCUT2D eigenvalue weighted by Gasteiger charge is -2.37. The number of aliphatic imine (C=N–C) groups is 1. The summed E-state index contributed by atoms with van der Waals surface area (Å²) in [6, 6.07) is 0.722. The molecule has 1 fully saturated rings. The molecule has 1 saturated carbocycles. The van der Waals surface area contributed by atoms with Gasteiger partial charge in [-0.1, -0.05) is 39.2 Å². The molecule has 0 spiro atoms. The van der Waals surface area contributed by atoms with Crippen LogP contribution in [-0.2, 0) is 4.79 Å². The van der Waals surface area contributed by atoms with Crippen molar-refractivity contribution in [3.8, 4) is 0 Å². The van der Waals surface area contributed by atoms with Crippen molar-refractivity contribution in [3.63, 3.8) is 0 Å². The summed E-state index contributed by atoms with van der Waals surface area (Å²) in [5.41, 5.74) is 6.29. The van der Waals surface area contributed by atoms with Gasteiger partial charge in [0.15, 0.2) is 0 Å². The summed E-state index contributed by atoms with van der Waals surface area (Å²) in [6.45, 7) is 8.30. The molecule has 166 valence electrons. The fourth-order valence-electron chi connectivity index (χ4n) is 4.25. The van der Waals surface area contributed by atoms with Gasteiger partial charge in [-0.15, -0.1) is 0 Å². The standard InChI is InChI=1S/C22H41N5O2/c1-6-19(26-17-10-8-7-9-11-17)20(28)13-24-21-18(22(29)25-16(4)23)12-14(2)15(3)27(21)5/h12,14-17,19-20,26,28H,6-11,13,23H2,1-5H3,(H,25,29). The van der Waals surface area contributed by atoms with Crippen LogP contribution in [0.25, 0.3) is 0 Å². The van der Waals surface area contributed by atoms with Crippen LogP contribution in [0.3, 0.4) is 0 Å². The molecule has 2 rings (SSSR count). The molecule has 1 aliphatic heterocycles. The number of rotatable bonds is 8. The molecule has 1 aliphatic carbocycles. The Morgan fingerprint density at radius 3 is 2.59 bits per heavy atom. The third-order valence-corrected chi connectivity index (χ3v) is 6.37. The molecule has 7 nitrogen and oxygen atoms in total. The van der Waals surface area contributed by atoms with E-state index in [-0.39, 0.29) is 30.5 Å². The molecule has 1 amide bonds. The zero-order valence-electron chi connectivity index (χ0n) is 18.8. The van der Waals surface area contributed by atoms with Crippen LogP contribution in [0.15, 0.2) is 16.6 Å². The van der Waals surface area contributed by atoms with Crippen LogP contribution in [0.1, 0.15) is 66.2 Å². The Kier molecular flexibility index (Phi) is 9.11. The second-order valence-corrected chi connectivity index (χ2v) is 8.80. The molecule has 2 aliphatic rings. The SMILES string of the molecule is CCC(NC1CCCCC1)C(O)CN=C1C(C(=O)NC(C)N)=CC(C)C(C)N1C. The van der Waals surface area contributed by atoms with Crippen LogP contribution in [0.2, 0.25) is 0 Å². The molecule has 1 heterocycles. The van der Waals surface area contributed by atoms with E-state index in [1.54, 1.807) is 6.92 Å². The number of nitrogens with two attached hydrogens (primary N) is 1. The van der Waals surface area contributed by atoms with Gasteiger partial charge in [-0.3, -0.25) is 9.79 Å². The normalized spacial score (nSPS) is 28.0.